The predicted molar refractivity (Wildman–Crippen MR) is 70.6 cm³/mol. The molecule has 1 amide bonds. The van der Waals surface area contributed by atoms with Gasteiger partial charge in [-0.2, -0.15) is 0 Å². The number of amides is 1. The topological polar surface area (TPSA) is 65.5 Å². The summed E-state index contributed by atoms with van der Waals surface area (Å²) < 4.78 is 0. The van der Waals surface area contributed by atoms with E-state index in [9.17, 15) is 9.90 Å². The lowest BCUT2D eigenvalue weighted by Crippen LogP contribution is -2.31. The highest BCUT2D eigenvalue weighted by Crippen LogP contribution is 2.07. The minimum atomic E-state index is -0.203. The molecular formula is C13H21N3O2. The number of aromatic hydroxyl groups is 1. The Hall–Kier alpha value is -1.62. The third-order valence-corrected chi connectivity index (χ3v) is 2.84. The molecule has 0 aromatic carbocycles. The van der Waals surface area contributed by atoms with Crippen molar-refractivity contribution in [2.24, 2.45) is 0 Å². The van der Waals surface area contributed by atoms with Crippen molar-refractivity contribution in [3.05, 3.63) is 24.0 Å². The Morgan fingerprint density at radius 3 is 2.83 bits per heavy atom. The molecule has 0 aliphatic rings. The van der Waals surface area contributed by atoms with Crippen molar-refractivity contribution in [3.63, 3.8) is 0 Å². The smallest absolute Gasteiger partial charge is 0.252 e. The van der Waals surface area contributed by atoms with Crippen molar-refractivity contribution < 1.29 is 9.90 Å². The van der Waals surface area contributed by atoms with Gasteiger partial charge in [-0.05, 0) is 39.9 Å². The number of nitrogens with one attached hydrogen (secondary N) is 1. The molecule has 18 heavy (non-hydrogen) atoms. The van der Waals surface area contributed by atoms with Gasteiger partial charge < -0.3 is 15.3 Å². The highest BCUT2D eigenvalue weighted by molar-refractivity contribution is 5.94. The lowest BCUT2D eigenvalue weighted by Gasteiger charge is -2.20. The predicted octanol–water partition coefficient (Wildman–Crippen LogP) is 1.25. The second kappa shape index (κ2) is 6.96. The first-order valence-electron chi connectivity index (χ1n) is 6.13. The molecule has 100 valence electrons. The quantitative estimate of drug-likeness (QED) is 0.747. The highest BCUT2D eigenvalue weighted by atomic mass is 16.3. The van der Waals surface area contributed by atoms with Gasteiger partial charge in [-0.25, -0.2) is 0 Å². The number of carbonyl (C=O) groups excluding carboxylic acids is 1. The lowest BCUT2D eigenvalue weighted by molar-refractivity contribution is 0.0951. The fraction of sp³-hybridized carbons (Fsp3) is 0.538. The zero-order valence-electron chi connectivity index (χ0n) is 11.2. The molecule has 0 aliphatic heterocycles. The summed E-state index contributed by atoms with van der Waals surface area (Å²) in [4.78, 5) is 17.7. The van der Waals surface area contributed by atoms with Crippen LogP contribution in [0.1, 0.15) is 30.6 Å². The molecule has 0 spiro atoms. The van der Waals surface area contributed by atoms with Crippen LogP contribution in [0.2, 0.25) is 0 Å². The van der Waals surface area contributed by atoms with Crippen LogP contribution in [-0.4, -0.2) is 47.1 Å². The summed E-state index contributed by atoms with van der Waals surface area (Å²) in [7, 11) is 2.06. The maximum Gasteiger partial charge on any atom is 0.252 e. The van der Waals surface area contributed by atoms with Crippen LogP contribution in [0.3, 0.4) is 0 Å². The molecule has 0 fully saturated rings. The summed E-state index contributed by atoms with van der Waals surface area (Å²) in [5.74, 6) is -0.201. The van der Waals surface area contributed by atoms with Crippen LogP contribution in [0.15, 0.2) is 18.5 Å². The minimum absolute atomic E-state index is 0.00203. The Morgan fingerprint density at radius 1 is 1.50 bits per heavy atom. The van der Waals surface area contributed by atoms with Gasteiger partial charge in [0.05, 0.1) is 11.8 Å². The van der Waals surface area contributed by atoms with Crippen molar-refractivity contribution >= 4 is 5.91 Å². The van der Waals surface area contributed by atoms with Gasteiger partial charge in [0.2, 0.25) is 0 Å². The molecule has 0 saturated carbocycles. The Labute approximate surface area is 108 Å². The maximum absolute atomic E-state index is 11.7. The molecular weight excluding hydrogens is 230 g/mol. The van der Waals surface area contributed by atoms with E-state index < -0.39 is 0 Å². The molecule has 0 aliphatic carbocycles. The Kier molecular flexibility index (Phi) is 5.58. The molecule has 0 radical (unpaired) electrons. The number of aromatic nitrogens is 1. The first-order chi connectivity index (χ1) is 8.50. The largest absolute Gasteiger partial charge is 0.506 e. The van der Waals surface area contributed by atoms with Crippen molar-refractivity contribution in [3.8, 4) is 5.75 Å². The van der Waals surface area contributed by atoms with Crippen LogP contribution in [-0.2, 0) is 0 Å². The van der Waals surface area contributed by atoms with Gasteiger partial charge >= 0.3 is 0 Å². The number of hydrogen-bond acceptors (Lipinski definition) is 4. The van der Waals surface area contributed by atoms with Crippen molar-refractivity contribution in [1.29, 1.82) is 0 Å². The number of hydrogen-bond donors (Lipinski definition) is 2. The van der Waals surface area contributed by atoms with Gasteiger partial charge in [-0.3, -0.25) is 9.78 Å². The second-order valence-electron chi connectivity index (χ2n) is 4.62. The van der Waals surface area contributed by atoms with Crippen LogP contribution in [0.25, 0.3) is 0 Å². The SMILES string of the molecule is CC(C)N(C)CCCNC(=O)c1cncc(O)c1. The average Bonchev–Trinajstić information content (AvgIpc) is 2.33. The van der Waals surface area contributed by atoms with Gasteiger partial charge in [-0.1, -0.05) is 0 Å². The van der Waals surface area contributed by atoms with E-state index in [4.69, 9.17) is 0 Å². The third-order valence-electron chi connectivity index (χ3n) is 2.84. The molecule has 5 heteroatoms. The van der Waals surface area contributed by atoms with E-state index in [-0.39, 0.29) is 11.7 Å². The molecule has 1 heterocycles. The van der Waals surface area contributed by atoms with E-state index in [1.807, 2.05) is 0 Å². The second-order valence-corrected chi connectivity index (χ2v) is 4.62. The van der Waals surface area contributed by atoms with Gasteiger partial charge in [0.15, 0.2) is 0 Å². The van der Waals surface area contributed by atoms with E-state index in [0.29, 0.717) is 18.2 Å². The normalized spacial score (nSPS) is 10.9. The first-order valence-corrected chi connectivity index (χ1v) is 6.13. The van der Waals surface area contributed by atoms with E-state index in [2.05, 4.69) is 36.1 Å². The van der Waals surface area contributed by atoms with E-state index in [1.54, 1.807) is 0 Å². The van der Waals surface area contributed by atoms with Crippen LogP contribution >= 0.6 is 0 Å². The van der Waals surface area contributed by atoms with Crippen molar-refractivity contribution in [1.82, 2.24) is 15.2 Å². The highest BCUT2D eigenvalue weighted by Gasteiger charge is 2.07. The summed E-state index contributed by atoms with van der Waals surface area (Å²) in [6.07, 6.45) is 3.64. The zero-order chi connectivity index (χ0) is 13.5. The molecule has 1 aromatic heterocycles. The van der Waals surface area contributed by atoms with Gasteiger partial charge in [0, 0.05) is 18.8 Å². The standard InChI is InChI=1S/C13H21N3O2/c1-10(2)16(3)6-4-5-15-13(18)11-7-12(17)9-14-8-11/h7-10,17H,4-6H2,1-3H3,(H,15,18). The summed E-state index contributed by atoms with van der Waals surface area (Å²) >= 11 is 0. The molecule has 1 rings (SSSR count). The van der Waals surface area contributed by atoms with Gasteiger partial charge in [0.25, 0.3) is 5.91 Å². The molecule has 0 unspecified atom stereocenters. The third kappa shape index (κ3) is 4.71. The number of nitrogens with zero attached hydrogens (tertiary/aromatic N) is 2. The summed E-state index contributed by atoms with van der Waals surface area (Å²) in [6.45, 7) is 5.83. The Morgan fingerprint density at radius 2 is 2.22 bits per heavy atom. The molecule has 0 saturated heterocycles. The number of carbonyl (C=O) groups is 1. The van der Waals surface area contributed by atoms with Crippen molar-refractivity contribution in [2.75, 3.05) is 20.1 Å². The fourth-order valence-electron chi connectivity index (χ4n) is 1.44. The summed E-state index contributed by atoms with van der Waals surface area (Å²) in [5.41, 5.74) is 0.382. The monoisotopic (exact) mass is 251 g/mol. The fourth-order valence-corrected chi connectivity index (χ4v) is 1.44. The van der Waals surface area contributed by atoms with Gasteiger partial charge in [0.1, 0.15) is 5.75 Å². The molecule has 1 aromatic rings. The van der Waals surface area contributed by atoms with E-state index in [0.717, 1.165) is 13.0 Å². The molecule has 5 nitrogen and oxygen atoms in total. The van der Waals surface area contributed by atoms with Crippen molar-refractivity contribution in [2.45, 2.75) is 26.3 Å². The lowest BCUT2D eigenvalue weighted by atomic mass is 10.2. The maximum atomic E-state index is 11.7. The first kappa shape index (κ1) is 14.4. The van der Waals surface area contributed by atoms with Crippen LogP contribution in [0.4, 0.5) is 0 Å². The Bertz CT molecular complexity index is 394. The zero-order valence-corrected chi connectivity index (χ0v) is 11.2. The number of pyridine rings is 1. The van der Waals surface area contributed by atoms with E-state index in [1.165, 1.54) is 18.5 Å². The van der Waals surface area contributed by atoms with Gasteiger partial charge in [-0.15, -0.1) is 0 Å². The Balaban J connectivity index is 2.30. The summed E-state index contributed by atoms with van der Waals surface area (Å²) in [6, 6.07) is 1.92. The molecule has 0 bridgehead atoms. The molecule has 2 N–H and O–H groups in total. The van der Waals surface area contributed by atoms with Crippen LogP contribution in [0.5, 0.6) is 5.75 Å². The molecule has 0 atom stereocenters. The van der Waals surface area contributed by atoms with Crippen LogP contribution in [0, 0.1) is 0 Å². The summed E-state index contributed by atoms with van der Waals surface area (Å²) in [5, 5.41) is 12.0. The number of rotatable bonds is 6. The van der Waals surface area contributed by atoms with E-state index >= 15 is 0 Å². The average molecular weight is 251 g/mol. The minimum Gasteiger partial charge on any atom is -0.506 e. The van der Waals surface area contributed by atoms with Crippen LogP contribution < -0.4 is 5.32 Å².